The van der Waals surface area contributed by atoms with Crippen molar-refractivity contribution < 1.29 is 13.5 Å². The van der Waals surface area contributed by atoms with Crippen molar-refractivity contribution in [3.8, 4) is 23.1 Å². The van der Waals surface area contributed by atoms with Crippen molar-refractivity contribution in [3.63, 3.8) is 0 Å². The number of hydrogen-bond donors (Lipinski definition) is 0. The largest absolute Gasteiger partial charge is 0.376 e. The molecule has 1 atom stereocenters. The lowest BCUT2D eigenvalue weighted by Gasteiger charge is -2.28. The number of ether oxygens (including phenoxy) is 1. The molecule has 0 bridgehead atoms. The van der Waals surface area contributed by atoms with E-state index in [1.165, 1.54) is 12.8 Å². The van der Waals surface area contributed by atoms with Gasteiger partial charge < -0.3 is 4.74 Å². The minimum absolute atomic E-state index is 0.0850. The number of nitrogens with zero attached hydrogens (tertiary/aromatic N) is 3. The van der Waals surface area contributed by atoms with Crippen LogP contribution in [0.25, 0.3) is 11.3 Å². The molecule has 2 aromatic rings. The van der Waals surface area contributed by atoms with Crippen molar-refractivity contribution in [1.82, 2.24) is 15.0 Å². The van der Waals surface area contributed by atoms with Crippen LogP contribution in [0.1, 0.15) is 36.8 Å². The Morgan fingerprint density at radius 1 is 1.35 bits per heavy atom. The molecule has 1 saturated carbocycles. The van der Waals surface area contributed by atoms with Gasteiger partial charge >= 0.3 is 0 Å². The lowest BCUT2D eigenvalue weighted by Crippen LogP contribution is -2.36. The van der Waals surface area contributed by atoms with E-state index >= 15 is 0 Å². The highest BCUT2D eigenvalue weighted by molar-refractivity contribution is 5.64. The third-order valence-corrected chi connectivity index (χ3v) is 4.78. The quantitative estimate of drug-likeness (QED) is 0.784. The number of aromatic nitrogens is 3. The zero-order valence-corrected chi connectivity index (χ0v) is 14.7. The number of aryl methyl sites for hydroxylation is 1. The van der Waals surface area contributed by atoms with Crippen LogP contribution in [0, 0.1) is 24.7 Å². The van der Waals surface area contributed by atoms with E-state index < -0.39 is 12.0 Å². The third-order valence-electron chi connectivity index (χ3n) is 4.78. The number of halogens is 2. The number of alkyl halides is 2. The Balaban J connectivity index is 1.46. The minimum Gasteiger partial charge on any atom is -0.376 e. The van der Waals surface area contributed by atoms with Crippen LogP contribution in [0.15, 0.2) is 24.4 Å². The molecule has 2 aliphatic rings. The second-order valence-corrected chi connectivity index (χ2v) is 7.20. The number of benzene rings is 1. The maximum absolute atomic E-state index is 13.5. The summed E-state index contributed by atoms with van der Waals surface area (Å²) >= 11 is 0. The summed E-state index contributed by atoms with van der Waals surface area (Å²) in [6, 6.07) is 6.03. The zero-order chi connectivity index (χ0) is 18.1. The van der Waals surface area contributed by atoms with E-state index in [9.17, 15) is 8.78 Å². The molecule has 1 aliphatic carbocycles. The van der Waals surface area contributed by atoms with Gasteiger partial charge in [-0.3, -0.25) is 0 Å². The molecule has 0 N–H and O–H groups in total. The summed E-state index contributed by atoms with van der Waals surface area (Å²) in [6.45, 7) is 2.38. The fourth-order valence-electron chi connectivity index (χ4n) is 3.15. The fourth-order valence-corrected chi connectivity index (χ4v) is 3.15. The molecule has 26 heavy (non-hydrogen) atoms. The average molecular weight is 357 g/mol. The molecule has 2 fully saturated rings. The van der Waals surface area contributed by atoms with Gasteiger partial charge in [-0.1, -0.05) is 23.1 Å². The van der Waals surface area contributed by atoms with Crippen LogP contribution in [0.3, 0.4) is 0 Å². The van der Waals surface area contributed by atoms with E-state index in [0.29, 0.717) is 5.92 Å². The second kappa shape index (κ2) is 6.81. The first-order chi connectivity index (χ1) is 12.5. The third kappa shape index (κ3) is 4.10. The van der Waals surface area contributed by atoms with Crippen LogP contribution in [0.2, 0.25) is 0 Å². The fraction of sp³-hybridized carbons (Fsp3) is 0.500. The first kappa shape index (κ1) is 17.2. The monoisotopic (exact) mass is 357 g/mol. The van der Waals surface area contributed by atoms with Crippen LogP contribution in [-0.2, 0) is 11.3 Å². The molecule has 0 radical (unpaired) electrons. The lowest BCUT2D eigenvalue weighted by molar-refractivity contribution is -0.131. The predicted octanol–water partition coefficient (Wildman–Crippen LogP) is 3.83. The van der Waals surface area contributed by atoms with Crippen molar-refractivity contribution in [3.05, 3.63) is 35.5 Å². The van der Waals surface area contributed by atoms with Crippen molar-refractivity contribution in [2.75, 3.05) is 6.61 Å². The summed E-state index contributed by atoms with van der Waals surface area (Å²) in [7, 11) is 0. The van der Waals surface area contributed by atoms with E-state index in [-0.39, 0.29) is 26.0 Å². The van der Waals surface area contributed by atoms with Crippen molar-refractivity contribution in [2.45, 2.75) is 51.2 Å². The van der Waals surface area contributed by atoms with Gasteiger partial charge in [-0.25, -0.2) is 13.5 Å². The Kier molecular flexibility index (Phi) is 4.49. The summed E-state index contributed by atoms with van der Waals surface area (Å²) in [5, 5.41) is 8.28. The first-order valence-corrected chi connectivity index (χ1v) is 9.01. The van der Waals surface area contributed by atoms with E-state index in [4.69, 9.17) is 4.74 Å². The van der Waals surface area contributed by atoms with Crippen molar-refractivity contribution in [2.24, 2.45) is 5.92 Å². The summed E-state index contributed by atoms with van der Waals surface area (Å²) in [5.41, 5.74) is 3.78. The van der Waals surface area contributed by atoms with Crippen LogP contribution < -0.4 is 0 Å². The summed E-state index contributed by atoms with van der Waals surface area (Å²) in [6.07, 6.45) is 3.20. The molecule has 2 heterocycles. The van der Waals surface area contributed by atoms with Gasteiger partial charge in [0.05, 0.1) is 25.5 Å². The molecule has 0 amide bonds. The summed E-state index contributed by atoms with van der Waals surface area (Å²) < 4.78 is 34.0. The maximum Gasteiger partial charge on any atom is 0.252 e. The summed E-state index contributed by atoms with van der Waals surface area (Å²) in [4.78, 5) is 0. The van der Waals surface area contributed by atoms with Crippen LogP contribution in [0.5, 0.6) is 0 Å². The zero-order valence-electron chi connectivity index (χ0n) is 14.7. The standard InChI is InChI=1S/C20H21F2N3O/c1-14-10-16(5-4-15-2-3-15)6-7-18(14)19-13-25(24-23-19)12-17-11-20(21,22)8-9-26-17/h6-7,10,13,15,17H,2-3,8-9,11-12H2,1H3. The van der Waals surface area contributed by atoms with E-state index in [1.807, 2.05) is 19.1 Å². The van der Waals surface area contributed by atoms with Gasteiger partial charge in [0, 0.05) is 29.9 Å². The molecule has 1 aromatic heterocycles. The van der Waals surface area contributed by atoms with Gasteiger partial charge in [-0.05, 0) is 37.5 Å². The van der Waals surface area contributed by atoms with Crippen LogP contribution in [0.4, 0.5) is 8.78 Å². The van der Waals surface area contributed by atoms with Gasteiger partial charge in [0.1, 0.15) is 5.69 Å². The Bertz CT molecular complexity index is 861. The highest BCUT2D eigenvalue weighted by Crippen LogP contribution is 2.31. The average Bonchev–Trinajstić information content (AvgIpc) is 3.31. The highest BCUT2D eigenvalue weighted by Gasteiger charge is 2.37. The molecule has 6 heteroatoms. The molecule has 4 nitrogen and oxygen atoms in total. The molecule has 0 spiro atoms. The van der Waals surface area contributed by atoms with Gasteiger partial charge in [-0.15, -0.1) is 5.10 Å². The second-order valence-electron chi connectivity index (χ2n) is 7.20. The Morgan fingerprint density at radius 2 is 2.19 bits per heavy atom. The first-order valence-electron chi connectivity index (χ1n) is 9.01. The number of rotatable bonds is 3. The normalized spacial score (nSPS) is 21.9. The predicted molar refractivity (Wildman–Crippen MR) is 93.7 cm³/mol. The molecule has 1 saturated heterocycles. The van der Waals surface area contributed by atoms with Crippen molar-refractivity contribution >= 4 is 0 Å². The Hall–Kier alpha value is -2.26. The molecular formula is C20H21F2N3O. The number of hydrogen-bond acceptors (Lipinski definition) is 3. The van der Waals surface area contributed by atoms with E-state index in [1.54, 1.807) is 10.9 Å². The van der Waals surface area contributed by atoms with E-state index in [2.05, 4.69) is 28.2 Å². The molecule has 4 rings (SSSR count). The Morgan fingerprint density at radius 3 is 2.92 bits per heavy atom. The van der Waals surface area contributed by atoms with E-state index in [0.717, 1.165) is 22.4 Å². The molecule has 1 aromatic carbocycles. The molecule has 1 unspecified atom stereocenters. The van der Waals surface area contributed by atoms with Gasteiger partial charge in [-0.2, -0.15) is 0 Å². The maximum atomic E-state index is 13.5. The molecule has 136 valence electrons. The van der Waals surface area contributed by atoms with Crippen molar-refractivity contribution in [1.29, 1.82) is 0 Å². The SMILES string of the molecule is Cc1cc(C#CC2CC2)ccc1-c1cn(CC2CC(F)(F)CCO2)nn1. The molecule has 1 aliphatic heterocycles. The lowest BCUT2D eigenvalue weighted by atomic mass is 10.0. The van der Waals surface area contributed by atoms with Crippen LogP contribution in [-0.4, -0.2) is 33.6 Å². The smallest absolute Gasteiger partial charge is 0.252 e. The molecular weight excluding hydrogens is 336 g/mol. The van der Waals surface area contributed by atoms with Crippen LogP contribution >= 0.6 is 0 Å². The summed E-state index contributed by atoms with van der Waals surface area (Å²) in [5.74, 6) is 4.39. The van der Waals surface area contributed by atoms with Gasteiger partial charge in [0.25, 0.3) is 5.92 Å². The van der Waals surface area contributed by atoms with Gasteiger partial charge in [0.2, 0.25) is 0 Å². The topological polar surface area (TPSA) is 39.9 Å². The van der Waals surface area contributed by atoms with Gasteiger partial charge in [0.15, 0.2) is 0 Å². The Labute approximate surface area is 151 Å². The minimum atomic E-state index is -2.65. The highest BCUT2D eigenvalue weighted by atomic mass is 19.3.